The van der Waals surface area contributed by atoms with Crippen LogP contribution in [0.25, 0.3) is 0 Å². The quantitative estimate of drug-likeness (QED) is 0.167. The van der Waals surface area contributed by atoms with Gasteiger partial charge in [-0.05, 0) is 39.0 Å². The van der Waals surface area contributed by atoms with E-state index in [1.54, 1.807) is 33.7 Å². The Morgan fingerprint density at radius 1 is 1.31 bits per heavy atom. The molecule has 1 spiro atoms. The molecule has 0 aromatic carbocycles. The van der Waals surface area contributed by atoms with Crippen LogP contribution in [0.4, 0.5) is 0 Å². The molecular formula is C26H39BrN2O5S. The van der Waals surface area contributed by atoms with Gasteiger partial charge in [0, 0.05) is 22.7 Å². The van der Waals surface area contributed by atoms with Gasteiger partial charge in [-0.25, -0.2) is 0 Å². The van der Waals surface area contributed by atoms with Crippen LogP contribution >= 0.6 is 27.7 Å². The number of hydrogen-bond donors (Lipinski definition) is 1. The highest BCUT2D eigenvalue weighted by molar-refractivity contribution is 9.09. The van der Waals surface area contributed by atoms with E-state index in [4.69, 9.17) is 4.74 Å². The van der Waals surface area contributed by atoms with E-state index in [2.05, 4.69) is 29.1 Å². The fourth-order valence-corrected chi connectivity index (χ4v) is 9.52. The summed E-state index contributed by atoms with van der Waals surface area (Å²) in [7, 11) is 0. The Morgan fingerprint density at radius 3 is 2.54 bits per heavy atom. The number of allylic oxidation sites excluding steroid dienone is 1. The fraction of sp³-hybridized carbons (Fsp3) is 0.731. The molecule has 0 aromatic rings. The lowest BCUT2D eigenvalue weighted by molar-refractivity contribution is -0.154. The first-order chi connectivity index (χ1) is 16.6. The zero-order valence-electron chi connectivity index (χ0n) is 21.2. The number of esters is 1. The topological polar surface area (TPSA) is 87.1 Å². The molecule has 0 saturated carbocycles. The lowest BCUT2D eigenvalue weighted by Gasteiger charge is -2.41. The summed E-state index contributed by atoms with van der Waals surface area (Å²) in [4.78, 5) is 44.9. The van der Waals surface area contributed by atoms with Crippen LogP contribution in [0.2, 0.25) is 0 Å². The number of thioether (sulfide) groups is 1. The van der Waals surface area contributed by atoms with Gasteiger partial charge in [-0.3, -0.25) is 14.4 Å². The Morgan fingerprint density at radius 2 is 2.00 bits per heavy atom. The van der Waals surface area contributed by atoms with Crippen LogP contribution < -0.4 is 0 Å². The van der Waals surface area contributed by atoms with Crippen molar-refractivity contribution in [3.05, 3.63) is 25.3 Å². The third kappa shape index (κ3) is 4.85. The van der Waals surface area contributed by atoms with Gasteiger partial charge in [-0.2, -0.15) is 0 Å². The fourth-order valence-electron chi connectivity index (χ4n) is 5.94. The summed E-state index contributed by atoms with van der Waals surface area (Å²) < 4.78 is 4.87. The summed E-state index contributed by atoms with van der Waals surface area (Å²) in [6.07, 6.45) is 5.50. The van der Waals surface area contributed by atoms with Crippen molar-refractivity contribution in [1.29, 1.82) is 0 Å². The Bertz CT molecular complexity index is 852. The number of fused-ring (bicyclic) bond motifs is 1. The van der Waals surface area contributed by atoms with Crippen molar-refractivity contribution in [2.45, 2.75) is 79.9 Å². The van der Waals surface area contributed by atoms with Gasteiger partial charge in [-0.15, -0.1) is 24.9 Å². The molecule has 3 aliphatic rings. The van der Waals surface area contributed by atoms with Crippen molar-refractivity contribution < 1.29 is 24.2 Å². The second-order valence-corrected chi connectivity index (χ2v) is 13.1. The molecule has 7 nitrogen and oxygen atoms in total. The molecule has 0 aromatic heterocycles. The molecule has 3 unspecified atom stereocenters. The van der Waals surface area contributed by atoms with Gasteiger partial charge in [0.25, 0.3) is 0 Å². The molecule has 0 radical (unpaired) electrons. The van der Waals surface area contributed by atoms with E-state index in [1.165, 1.54) is 0 Å². The van der Waals surface area contributed by atoms with Crippen LogP contribution in [0, 0.1) is 17.8 Å². The van der Waals surface area contributed by atoms with Crippen LogP contribution in [-0.4, -0.2) is 85.4 Å². The number of carbonyl (C=O) groups is 3. The third-order valence-electron chi connectivity index (χ3n) is 7.58. The molecule has 9 heteroatoms. The highest BCUT2D eigenvalue weighted by atomic mass is 79.9. The van der Waals surface area contributed by atoms with Gasteiger partial charge < -0.3 is 19.6 Å². The molecule has 3 aliphatic heterocycles. The SMILES string of the molecule is C=CCCCOC(=O)[C@H]1[C@H]2C(=O)N([C@@H](CO)C(C)C)C(C(=O)N(CC=C)C(C)C)C23CC(Br)[C@@H]1S3. The Kier molecular flexibility index (Phi) is 9.19. The second-order valence-electron chi connectivity index (χ2n) is 10.4. The van der Waals surface area contributed by atoms with E-state index < -0.39 is 28.7 Å². The second kappa shape index (κ2) is 11.4. The summed E-state index contributed by atoms with van der Waals surface area (Å²) in [5.41, 5.74) is 0. The molecule has 35 heavy (non-hydrogen) atoms. The van der Waals surface area contributed by atoms with E-state index >= 15 is 0 Å². The van der Waals surface area contributed by atoms with Crippen molar-refractivity contribution >= 4 is 45.5 Å². The van der Waals surface area contributed by atoms with Gasteiger partial charge in [0.1, 0.15) is 6.04 Å². The number of halogens is 1. The van der Waals surface area contributed by atoms with Gasteiger partial charge in [0.2, 0.25) is 11.8 Å². The molecule has 196 valence electrons. The smallest absolute Gasteiger partial charge is 0.310 e. The van der Waals surface area contributed by atoms with Gasteiger partial charge in [0.05, 0.1) is 35.8 Å². The van der Waals surface area contributed by atoms with Crippen molar-refractivity contribution in [1.82, 2.24) is 9.80 Å². The minimum Gasteiger partial charge on any atom is -0.465 e. The highest BCUT2D eigenvalue weighted by Crippen LogP contribution is 2.68. The lowest BCUT2D eigenvalue weighted by Crippen LogP contribution is -2.59. The van der Waals surface area contributed by atoms with E-state index in [-0.39, 0.29) is 53.0 Å². The van der Waals surface area contributed by atoms with Gasteiger partial charge >= 0.3 is 5.97 Å². The first-order valence-electron chi connectivity index (χ1n) is 12.5. The van der Waals surface area contributed by atoms with E-state index in [0.717, 1.165) is 6.42 Å². The summed E-state index contributed by atoms with van der Waals surface area (Å²) in [6.45, 7) is 15.7. The van der Waals surface area contributed by atoms with E-state index in [0.29, 0.717) is 19.4 Å². The highest BCUT2D eigenvalue weighted by Gasteiger charge is 2.76. The Labute approximate surface area is 221 Å². The number of aliphatic hydroxyl groups excluding tert-OH is 1. The molecular weight excluding hydrogens is 532 g/mol. The number of likely N-dealkylation sites (tertiary alicyclic amines) is 1. The molecule has 3 saturated heterocycles. The zero-order valence-corrected chi connectivity index (χ0v) is 23.6. The summed E-state index contributed by atoms with van der Waals surface area (Å²) in [5.74, 6) is -2.09. The number of amides is 2. The number of nitrogens with zero attached hydrogens (tertiary/aromatic N) is 2. The summed E-state index contributed by atoms with van der Waals surface area (Å²) in [5, 5.41) is 10.2. The average Bonchev–Trinajstić information content (AvgIpc) is 3.38. The normalized spacial score (nSPS) is 32.2. The standard InChI is InChI=1S/C26H39BrN2O5S/c1-7-9-10-12-34-25(33)19-20-23(31)29(18(14-30)15(3)4)22(24(32)28(11-8-2)16(5)6)26(20)13-17(27)21(19)35-26/h7-8,15-22,30H,1-2,9-14H2,3-6H3/t17?,18-,19-,20-,21-,22?,26?/m0/s1. The molecule has 2 amide bonds. The molecule has 3 heterocycles. The number of hydrogen-bond acceptors (Lipinski definition) is 6. The average molecular weight is 572 g/mol. The monoisotopic (exact) mass is 570 g/mol. The maximum absolute atomic E-state index is 14.2. The Balaban J connectivity index is 2.06. The van der Waals surface area contributed by atoms with Crippen molar-refractivity contribution in [3.8, 4) is 0 Å². The maximum Gasteiger partial charge on any atom is 0.310 e. The number of ether oxygens (including phenoxy) is 1. The van der Waals surface area contributed by atoms with E-state index in [1.807, 2.05) is 27.7 Å². The third-order valence-corrected chi connectivity index (χ3v) is 10.8. The van der Waals surface area contributed by atoms with Crippen LogP contribution in [0.15, 0.2) is 25.3 Å². The first kappa shape index (κ1) is 28.3. The van der Waals surface area contributed by atoms with Crippen molar-refractivity contribution in [2.75, 3.05) is 19.8 Å². The molecule has 2 bridgehead atoms. The first-order valence-corrected chi connectivity index (χ1v) is 14.3. The van der Waals surface area contributed by atoms with Crippen LogP contribution in [-0.2, 0) is 19.1 Å². The number of rotatable bonds is 12. The van der Waals surface area contributed by atoms with Crippen molar-refractivity contribution in [3.63, 3.8) is 0 Å². The molecule has 3 fully saturated rings. The van der Waals surface area contributed by atoms with Gasteiger partial charge in [-0.1, -0.05) is 41.9 Å². The Hall–Kier alpha value is -1.32. The minimum absolute atomic E-state index is 0.0175. The number of unbranched alkanes of at least 4 members (excludes halogenated alkanes) is 1. The zero-order chi connectivity index (χ0) is 26.1. The van der Waals surface area contributed by atoms with E-state index in [9.17, 15) is 19.5 Å². The molecule has 0 aliphatic carbocycles. The van der Waals surface area contributed by atoms with Crippen LogP contribution in [0.3, 0.4) is 0 Å². The lowest BCUT2D eigenvalue weighted by atomic mass is 9.71. The minimum atomic E-state index is -0.768. The largest absolute Gasteiger partial charge is 0.465 e. The van der Waals surface area contributed by atoms with Crippen LogP contribution in [0.1, 0.15) is 47.0 Å². The molecule has 1 N–H and O–H groups in total. The predicted molar refractivity (Wildman–Crippen MR) is 142 cm³/mol. The summed E-state index contributed by atoms with van der Waals surface area (Å²) in [6, 6.07) is -1.38. The number of aliphatic hydroxyl groups is 1. The van der Waals surface area contributed by atoms with Crippen LogP contribution in [0.5, 0.6) is 0 Å². The number of carbonyl (C=O) groups excluding carboxylic acids is 3. The number of alkyl halides is 1. The van der Waals surface area contributed by atoms with Gasteiger partial charge in [0.15, 0.2) is 0 Å². The van der Waals surface area contributed by atoms with Crippen molar-refractivity contribution in [2.24, 2.45) is 17.8 Å². The molecule has 3 rings (SSSR count). The predicted octanol–water partition coefficient (Wildman–Crippen LogP) is 3.40. The molecule has 7 atom stereocenters. The summed E-state index contributed by atoms with van der Waals surface area (Å²) >= 11 is 5.35. The maximum atomic E-state index is 14.2.